The number of nitrogens with two attached hydrogens (primary N) is 1. The number of carbonyl (C=O) groups excluding carboxylic acids is 1. The van der Waals surface area contributed by atoms with Crippen LogP contribution in [0.25, 0.3) is 0 Å². The van der Waals surface area contributed by atoms with Gasteiger partial charge in [-0.05, 0) is 24.1 Å². The van der Waals surface area contributed by atoms with Crippen molar-refractivity contribution in [3.63, 3.8) is 0 Å². The predicted octanol–water partition coefficient (Wildman–Crippen LogP) is 1.85. The number of primary amides is 1. The van der Waals surface area contributed by atoms with Gasteiger partial charge < -0.3 is 15.2 Å². The SMILES string of the molecule is NC(=O)CCc1cc2c(c(C(F)(F)F)c1)OCO2. The van der Waals surface area contributed by atoms with Gasteiger partial charge >= 0.3 is 6.18 Å². The monoisotopic (exact) mass is 261 g/mol. The number of alkyl halides is 3. The molecule has 1 aromatic carbocycles. The molecule has 1 aliphatic heterocycles. The molecule has 7 heteroatoms. The zero-order chi connectivity index (χ0) is 13.3. The van der Waals surface area contributed by atoms with E-state index in [1.807, 2.05) is 0 Å². The summed E-state index contributed by atoms with van der Waals surface area (Å²) in [4.78, 5) is 10.6. The molecule has 0 atom stereocenters. The van der Waals surface area contributed by atoms with E-state index in [-0.39, 0.29) is 31.1 Å². The summed E-state index contributed by atoms with van der Waals surface area (Å²) in [5, 5.41) is 0. The first kappa shape index (κ1) is 12.5. The minimum Gasteiger partial charge on any atom is -0.454 e. The van der Waals surface area contributed by atoms with Crippen molar-refractivity contribution in [3.05, 3.63) is 23.3 Å². The van der Waals surface area contributed by atoms with Crippen LogP contribution in [0.5, 0.6) is 11.5 Å². The van der Waals surface area contributed by atoms with Gasteiger partial charge in [-0.15, -0.1) is 0 Å². The minimum atomic E-state index is -4.53. The second-order valence-electron chi connectivity index (χ2n) is 3.84. The van der Waals surface area contributed by atoms with E-state index >= 15 is 0 Å². The van der Waals surface area contributed by atoms with E-state index < -0.39 is 17.6 Å². The van der Waals surface area contributed by atoms with Crippen molar-refractivity contribution in [3.8, 4) is 11.5 Å². The highest BCUT2D eigenvalue weighted by molar-refractivity contribution is 5.74. The first-order chi connectivity index (χ1) is 8.38. The van der Waals surface area contributed by atoms with Crippen LogP contribution in [-0.2, 0) is 17.4 Å². The van der Waals surface area contributed by atoms with Gasteiger partial charge in [0.2, 0.25) is 12.7 Å². The maximum atomic E-state index is 12.8. The normalized spacial score (nSPS) is 13.7. The lowest BCUT2D eigenvalue weighted by atomic mass is 10.0. The number of halogens is 3. The standard InChI is InChI=1S/C11H10F3NO3/c12-11(13,14)7-3-6(1-2-9(15)16)4-8-10(7)18-5-17-8/h3-4H,1-2,5H2,(H2,15,16). The lowest BCUT2D eigenvalue weighted by Crippen LogP contribution is -2.12. The number of benzene rings is 1. The quantitative estimate of drug-likeness (QED) is 0.903. The third-order valence-corrected chi connectivity index (χ3v) is 2.50. The van der Waals surface area contributed by atoms with Crippen LogP contribution in [0.4, 0.5) is 13.2 Å². The molecule has 0 saturated carbocycles. The molecular weight excluding hydrogens is 251 g/mol. The average molecular weight is 261 g/mol. The molecule has 4 nitrogen and oxygen atoms in total. The summed E-state index contributed by atoms with van der Waals surface area (Å²) in [6.45, 7) is -0.238. The number of aryl methyl sites for hydroxylation is 1. The number of fused-ring (bicyclic) bond motifs is 1. The predicted molar refractivity (Wildman–Crippen MR) is 55.1 cm³/mol. The van der Waals surface area contributed by atoms with Crippen molar-refractivity contribution in [2.45, 2.75) is 19.0 Å². The zero-order valence-corrected chi connectivity index (χ0v) is 9.21. The molecule has 2 N–H and O–H groups in total. The number of rotatable bonds is 3. The summed E-state index contributed by atoms with van der Waals surface area (Å²) < 4.78 is 48.1. The van der Waals surface area contributed by atoms with Gasteiger partial charge in [-0.1, -0.05) is 0 Å². The lowest BCUT2D eigenvalue weighted by Gasteiger charge is -2.11. The Balaban J connectivity index is 2.36. The Hall–Kier alpha value is -1.92. The molecule has 0 aromatic heterocycles. The van der Waals surface area contributed by atoms with Crippen LogP contribution in [0.2, 0.25) is 0 Å². The van der Waals surface area contributed by atoms with E-state index in [2.05, 4.69) is 0 Å². The Morgan fingerprint density at radius 3 is 2.67 bits per heavy atom. The third-order valence-electron chi connectivity index (χ3n) is 2.50. The molecule has 1 aromatic rings. The topological polar surface area (TPSA) is 61.6 Å². The molecule has 1 heterocycles. The van der Waals surface area contributed by atoms with E-state index in [1.165, 1.54) is 6.07 Å². The summed E-state index contributed by atoms with van der Waals surface area (Å²) in [6.07, 6.45) is -4.41. The second-order valence-corrected chi connectivity index (χ2v) is 3.84. The summed E-state index contributed by atoms with van der Waals surface area (Å²) >= 11 is 0. The van der Waals surface area contributed by atoms with Gasteiger partial charge in [0, 0.05) is 6.42 Å². The van der Waals surface area contributed by atoms with Crippen LogP contribution in [0.3, 0.4) is 0 Å². The Bertz CT molecular complexity index is 485. The van der Waals surface area contributed by atoms with Crippen LogP contribution < -0.4 is 15.2 Å². The van der Waals surface area contributed by atoms with Crippen molar-refractivity contribution >= 4 is 5.91 Å². The maximum Gasteiger partial charge on any atom is 0.420 e. The van der Waals surface area contributed by atoms with E-state index in [0.717, 1.165) is 6.07 Å². The van der Waals surface area contributed by atoms with Gasteiger partial charge in [0.15, 0.2) is 11.5 Å². The molecule has 0 unspecified atom stereocenters. The van der Waals surface area contributed by atoms with E-state index in [0.29, 0.717) is 5.56 Å². The van der Waals surface area contributed by atoms with Crippen LogP contribution in [0.15, 0.2) is 12.1 Å². The van der Waals surface area contributed by atoms with Crippen molar-refractivity contribution in [2.24, 2.45) is 5.73 Å². The Morgan fingerprint density at radius 1 is 1.33 bits per heavy atom. The van der Waals surface area contributed by atoms with Crippen molar-refractivity contribution in [1.29, 1.82) is 0 Å². The Kier molecular flexibility index (Phi) is 3.06. The highest BCUT2D eigenvalue weighted by Crippen LogP contribution is 2.44. The minimum absolute atomic E-state index is 0.0169. The summed E-state index contributed by atoms with van der Waals surface area (Å²) in [6, 6.07) is 2.39. The molecule has 1 aliphatic rings. The Morgan fingerprint density at radius 2 is 2.06 bits per heavy atom. The number of ether oxygens (including phenoxy) is 2. The fraction of sp³-hybridized carbons (Fsp3) is 0.364. The fourth-order valence-corrected chi connectivity index (χ4v) is 1.69. The highest BCUT2D eigenvalue weighted by Gasteiger charge is 2.38. The van der Waals surface area contributed by atoms with E-state index in [1.54, 1.807) is 0 Å². The molecule has 98 valence electrons. The lowest BCUT2D eigenvalue weighted by molar-refractivity contribution is -0.138. The van der Waals surface area contributed by atoms with Crippen molar-refractivity contribution in [2.75, 3.05) is 6.79 Å². The molecular formula is C11H10F3NO3. The number of hydrogen-bond donors (Lipinski definition) is 1. The summed E-state index contributed by atoms with van der Waals surface area (Å²) in [5.74, 6) is -0.823. The molecule has 18 heavy (non-hydrogen) atoms. The summed E-state index contributed by atoms with van der Waals surface area (Å²) in [7, 11) is 0. The Labute approximate surface area is 100 Å². The maximum absolute atomic E-state index is 12.8. The molecule has 1 amide bonds. The van der Waals surface area contributed by atoms with Gasteiger partial charge in [0.1, 0.15) is 5.56 Å². The smallest absolute Gasteiger partial charge is 0.420 e. The van der Waals surface area contributed by atoms with E-state index in [4.69, 9.17) is 15.2 Å². The second kappa shape index (κ2) is 4.40. The van der Waals surface area contributed by atoms with Crippen LogP contribution in [0.1, 0.15) is 17.5 Å². The fourth-order valence-electron chi connectivity index (χ4n) is 1.69. The zero-order valence-electron chi connectivity index (χ0n) is 9.21. The van der Waals surface area contributed by atoms with Crippen molar-refractivity contribution < 1.29 is 27.4 Å². The van der Waals surface area contributed by atoms with Gasteiger partial charge in [0.25, 0.3) is 0 Å². The molecule has 2 rings (SSSR count). The third kappa shape index (κ3) is 2.49. The number of hydrogen-bond acceptors (Lipinski definition) is 3. The van der Waals surface area contributed by atoms with Gasteiger partial charge in [-0.25, -0.2) is 0 Å². The van der Waals surface area contributed by atoms with Crippen LogP contribution >= 0.6 is 0 Å². The van der Waals surface area contributed by atoms with Gasteiger partial charge in [0.05, 0.1) is 0 Å². The molecule has 0 aliphatic carbocycles. The molecule has 0 fully saturated rings. The largest absolute Gasteiger partial charge is 0.454 e. The van der Waals surface area contributed by atoms with Gasteiger partial charge in [-0.3, -0.25) is 4.79 Å². The average Bonchev–Trinajstić information content (AvgIpc) is 2.71. The van der Waals surface area contributed by atoms with E-state index in [9.17, 15) is 18.0 Å². The molecule has 0 radical (unpaired) electrons. The molecule has 0 spiro atoms. The van der Waals surface area contributed by atoms with Crippen LogP contribution in [-0.4, -0.2) is 12.7 Å². The number of carbonyl (C=O) groups is 1. The van der Waals surface area contributed by atoms with Crippen LogP contribution in [0, 0.1) is 0 Å². The molecule has 0 bridgehead atoms. The molecule has 0 saturated heterocycles. The highest BCUT2D eigenvalue weighted by atomic mass is 19.4. The first-order valence-corrected chi connectivity index (χ1v) is 5.16. The van der Waals surface area contributed by atoms with Gasteiger partial charge in [-0.2, -0.15) is 13.2 Å². The first-order valence-electron chi connectivity index (χ1n) is 5.16. The number of amides is 1. The van der Waals surface area contributed by atoms with Crippen molar-refractivity contribution in [1.82, 2.24) is 0 Å². The summed E-state index contributed by atoms with van der Waals surface area (Å²) in [5.41, 5.74) is 4.41.